The van der Waals surface area contributed by atoms with Gasteiger partial charge in [-0.1, -0.05) is 6.07 Å². The topological polar surface area (TPSA) is 87.6 Å². The number of nitrogens with one attached hydrogen (secondary N) is 1. The van der Waals surface area contributed by atoms with Crippen LogP contribution in [-0.2, 0) is 6.54 Å². The molecule has 2 N–H and O–H groups in total. The predicted octanol–water partition coefficient (Wildman–Crippen LogP) is 2.83. The van der Waals surface area contributed by atoms with Gasteiger partial charge in [-0.2, -0.15) is 0 Å². The Bertz CT molecular complexity index is 1040. The van der Waals surface area contributed by atoms with Crippen LogP contribution in [0.25, 0.3) is 10.2 Å². The summed E-state index contributed by atoms with van der Waals surface area (Å²) in [7, 11) is 1.64. The number of likely N-dealkylation sites (tertiary alicyclic amines) is 1. The second-order valence-corrected chi connectivity index (χ2v) is 8.32. The molecule has 0 spiro atoms. The molecule has 1 aromatic carbocycles. The monoisotopic (exact) mass is 398 g/mol. The summed E-state index contributed by atoms with van der Waals surface area (Å²) in [5, 5.41) is 15.1. The van der Waals surface area contributed by atoms with Crippen molar-refractivity contribution in [2.45, 2.75) is 26.0 Å². The van der Waals surface area contributed by atoms with Gasteiger partial charge in [0, 0.05) is 6.54 Å². The van der Waals surface area contributed by atoms with E-state index < -0.39 is 5.60 Å². The number of amides is 1. The van der Waals surface area contributed by atoms with Crippen LogP contribution >= 0.6 is 11.3 Å². The number of thiophene rings is 1. The second kappa shape index (κ2) is 7.03. The van der Waals surface area contributed by atoms with Gasteiger partial charge in [-0.15, -0.1) is 11.3 Å². The Morgan fingerprint density at radius 1 is 1.36 bits per heavy atom. The molecule has 146 valence electrons. The van der Waals surface area contributed by atoms with Crippen LogP contribution in [0.4, 0.5) is 5.95 Å². The van der Waals surface area contributed by atoms with Crippen LogP contribution in [0.1, 0.15) is 28.5 Å². The van der Waals surface area contributed by atoms with E-state index in [2.05, 4.69) is 21.4 Å². The molecule has 8 heteroatoms. The third-order valence-electron chi connectivity index (χ3n) is 4.65. The molecule has 4 rings (SSSR count). The van der Waals surface area contributed by atoms with Gasteiger partial charge in [0.1, 0.15) is 5.75 Å². The van der Waals surface area contributed by atoms with E-state index in [0.717, 1.165) is 27.1 Å². The van der Waals surface area contributed by atoms with Crippen LogP contribution in [0.2, 0.25) is 0 Å². The zero-order valence-electron chi connectivity index (χ0n) is 16.0. The fourth-order valence-corrected chi connectivity index (χ4v) is 4.19. The van der Waals surface area contributed by atoms with Gasteiger partial charge in [-0.25, -0.2) is 9.97 Å². The van der Waals surface area contributed by atoms with Crippen molar-refractivity contribution in [2.24, 2.45) is 0 Å². The number of anilines is 1. The number of hydrogen-bond acceptors (Lipinski definition) is 7. The zero-order chi connectivity index (χ0) is 19.9. The maximum absolute atomic E-state index is 12.9. The van der Waals surface area contributed by atoms with Crippen LogP contribution in [0, 0.1) is 6.92 Å². The van der Waals surface area contributed by atoms with Crippen LogP contribution in [0.3, 0.4) is 0 Å². The summed E-state index contributed by atoms with van der Waals surface area (Å²) in [6, 6.07) is 7.87. The van der Waals surface area contributed by atoms with Crippen molar-refractivity contribution in [3.8, 4) is 5.75 Å². The maximum atomic E-state index is 12.9. The van der Waals surface area contributed by atoms with Crippen molar-refractivity contribution in [3.63, 3.8) is 0 Å². The molecule has 1 aliphatic rings. The summed E-state index contributed by atoms with van der Waals surface area (Å²) >= 11 is 1.44. The highest BCUT2D eigenvalue weighted by atomic mass is 32.1. The predicted molar refractivity (Wildman–Crippen MR) is 109 cm³/mol. The summed E-state index contributed by atoms with van der Waals surface area (Å²) in [5.74, 6) is 1.02. The van der Waals surface area contributed by atoms with Gasteiger partial charge >= 0.3 is 0 Å². The Hall–Kier alpha value is -2.71. The van der Waals surface area contributed by atoms with Crippen LogP contribution < -0.4 is 10.1 Å². The lowest BCUT2D eigenvalue weighted by atomic mass is 9.96. The smallest absolute Gasteiger partial charge is 0.274 e. The zero-order valence-corrected chi connectivity index (χ0v) is 16.8. The van der Waals surface area contributed by atoms with Gasteiger partial charge in [0.05, 0.1) is 36.0 Å². The molecule has 3 heterocycles. The van der Waals surface area contributed by atoms with Crippen molar-refractivity contribution in [1.82, 2.24) is 14.9 Å². The van der Waals surface area contributed by atoms with Gasteiger partial charge in [-0.3, -0.25) is 4.79 Å². The Morgan fingerprint density at radius 3 is 2.86 bits per heavy atom. The first-order chi connectivity index (χ1) is 13.3. The van der Waals surface area contributed by atoms with Gasteiger partial charge in [0.2, 0.25) is 5.95 Å². The van der Waals surface area contributed by atoms with Crippen LogP contribution in [0.5, 0.6) is 5.75 Å². The Morgan fingerprint density at radius 2 is 2.14 bits per heavy atom. The number of aromatic nitrogens is 2. The van der Waals surface area contributed by atoms with E-state index in [9.17, 15) is 9.90 Å². The first-order valence-corrected chi connectivity index (χ1v) is 9.88. The number of aryl methyl sites for hydroxylation is 1. The molecule has 28 heavy (non-hydrogen) atoms. The molecule has 1 amide bonds. The standard InChI is InChI=1S/C20H22N4O3S/c1-12-6-13(8-14(7-12)27-3)9-21-19-22-15-4-5-28-17(15)16(23-19)18(25)24-10-20(2,26)11-24/h4-8,26H,9-11H2,1-3H3,(H,21,22,23). The molecule has 1 saturated heterocycles. The van der Waals surface area contributed by atoms with Gasteiger partial charge in [-0.05, 0) is 48.6 Å². The average Bonchev–Trinajstić information content (AvgIpc) is 3.11. The number of fused-ring (bicyclic) bond motifs is 1. The van der Waals surface area contributed by atoms with Crippen LogP contribution in [-0.4, -0.2) is 51.7 Å². The maximum Gasteiger partial charge on any atom is 0.274 e. The minimum Gasteiger partial charge on any atom is -0.497 e. The van der Waals surface area contributed by atoms with E-state index in [-0.39, 0.29) is 5.91 Å². The molecular weight excluding hydrogens is 376 g/mol. The summed E-state index contributed by atoms with van der Waals surface area (Å²) in [6.07, 6.45) is 0. The Labute approximate surface area is 167 Å². The molecule has 7 nitrogen and oxygen atoms in total. The van der Waals surface area contributed by atoms with E-state index >= 15 is 0 Å². The van der Waals surface area contributed by atoms with Gasteiger partial charge in [0.15, 0.2) is 5.69 Å². The number of aliphatic hydroxyl groups is 1. The number of methoxy groups -OCH3 is 1. The summed E-state index contributed by atoms with van der Waals surface area (Å²) in [6.45, 7) is 4.88. The Balaban J connectivity index is 1.58. The second-order valence-electron chi connectivity index (χ2n) is 7.40. The molecule has 0 saturated carbocycles. The molecule has 0 radical (unpaired) electrons. The fraction of sp³-hybridized carbons (Fsp3) is 0.350. The highest BCUT2D eigenvalue weighted by Crippen LogP contribution is 2.28. The molecule has 0 bridgehead atoms. The molecule has 0 atom stereocenters. The minimum atomic E-state index is -0.817. The third-order valence-corrected chi connectivity index (χ3v) is 5.56. The lowest BCUT2D eigenvalue weighted by Crippen LogP contribution is -2.61. The quantitative estimate of drug-likeness (QED) is 0.687. The third kappa shape index (κ3) is 3.65. The van der Waals surface area contributed by atoms with E-state index in [1.165, 1.54) is 11.3 Å². The van der Waals surface area contributed by atoms with Crippen molar-refractivity contribution < 1.29 is 14.6 Å². The van der Waals surface area contributed by atoms with E-state index in [1.54, 1.807) is 18.9 Å². The number of benzene rings is 1. The number of hydrogen-bond donors (Lipinski definition) is 2. The Kier molecular flexibility index (Phi) is 4.68. The number of carbonyl (C=O) groups excluding carboxylic acids is 1. The molecule has 3 aromatic rings. The summed E-state index contributed by atoms with van der Waals surface area (Å²) in [5.41, 5.74) is 2.44. The first-order valence-electron chi connectivity index (χ1n) is 9.00. The van der Waals surface area contributed by atoms with Crippen molar-refractivity contribution in [3.05, 3.63) is 46.5 Å². The number of rotatable bonds is 5. The molecule has 1 fully saturated rings. The molecule has 0 unspecified atom stereocenters. The van der Waals surface area contributed by atoms with Crippen molar-refractivity contribution >= 4 is 33.4 Å². The number of ether oxygens (including phenoxy) is 1. The highest BCUT2D eigenvalue weighted by molar-refractivity contribution is 7.17. The molecule has 0 aliphatic carbocycles. The number of β-amino-alcohol motifs (C(OH)–C–C–N with tert-alkyl or cyclic N) is 1. The van der Waals surface area contributed by atoms with Gasteiger partial charge in [0.25, 0.3) is 5.91 Å². The van der Waals surface area contributed by atoms with Crippen LogP contribution in [0.15, 0.2) is 29.6 Å². The lowest BCUT2D eigenvalue weighted by Gasteiger charge is -2.43. The van der Waals surface area contributed by atoms with E-state index in [0.29, 0.717) is 31.3 Å². The average molecular weight is 398 g/mol. The summed E-state index contributed by atoms with van der Waals surface area (Å²) < 4.78 is 6.08. The van der Waals surface area contributed by atoms with E-state index in [4.69, 9.17) is 4.74 Å². The lowest BCUT2D eigenvalue weighted by molar-refractivity contribution is -0.0669. The first kappa shape index (κ1) is 18.6. The van der Waals surface area contributed by atoms with Crippen molar-refractivity contribution in [2.75, 3.05) is 25.5 Å². The molecule has 2 aromatic heterocycles. The normalized spacial score (nSPS) is 15.4. The van der Waals surface area contributed by atoms with Gasteiger partial charge < -0.3 is 20.1 Å². The van der Waals surface area contributed by atoms with E-state index in [1.807, 2.05) is 30.5 Å². The number of nitrogens with zero attached hydrogens (tertiary/aromatic N) is 3. The largest absolute Gasteiger partial charge is 0.497 e. The fourth-order valence-electron chi connectivity index (χ4n) is 3.38. The summed E-state index contributed by atoms with van der Waals surface area (Å²) in [4.78, 5) is 23.5. The highest BCUT2D eigenvalue weighted by Gasteiger charge is 2.40. The SMILES string of the molecule is COc1cc(C)cc(CNc2nc(C(=O)N3CC(C)(O)C3)c3sccc3n2)c1. The minimum absolute atomic E-state index is 0.179. The van der Waals surface area contributed by atoms with Crippen molar-refractivity contribution in [1.29, 1.82) is 0 Å². The molecule has 1 aliphatic heterocycles. The number of carbonyl (C=O) groups is 1. The molecular formula is C20H22N4O3S.